The number of carbonyl (C=O) groups excluding carboxylic acids is 1. The van der Waals surface area contributed by atoms with Crippen LogP contribution >= 0.6 is 15.9 Å². The number of hydrogen-bond donors (Lipinski definition) is 3. The largest absolute Gasteiger partial charge is 0.486 e. The van der Waals surface area contributed by atoms with Crippen LogP contribution < -0.4 is 21.1 Å². The maximum atomic E-state index is 12.6. The molecule has 4 unspecified atom stereocenters. The van der Waals surface area contributed by atoms with Crippen molar-refractivity contribution in [1.82, 2.24) is 10.3 Å². The predicted octanol–water partition coefficient (Wildman–Crippen LogP) is 2.88. The van der Waals surface area contributed by atoms with Crippen LogP contribution in [-0.2, 0) is 10.3 Å². The molecule has 4 atom stereocenters. The van der Waals surface area contributed by atoms with Crippen molar-refractivity contribution in [3.05, 3.63) is 64.4 Å². The molecule has 0 saturated carbocycles. The van der Waals surface area contributed by atoms with Gasteiger partial charge in [0, 0.05) is 27.8 Å². The highest BCUT2D eigenvalue weighted by Gasteiger charge is 2.53. The van der Waals surface area contributed by atoms with Crippen molar-refractivity contribution >= 4 is 27.5 Å². The number of hydrogen-bond acceptors (Lipinski definition) is 6. The zero-order chi connectivity index (χ0) is 20.0. The number of nitrogens with zero attached hydrogens (tertiary/aromatic N) is 1. The Labute approximate surface area is 176 Å². The van der Waals surface area contributed by atoms with E-state index in [9.17, 15) is 4.79 Å². The molecule has 0 radical (unpaired) electrons. The quantitative estimate of drug-likeness (QED) is 0.600. The monoisotopic (exact) mass is 456 g/mol. The van der Waals surface area contributed by atoms with Crippen LogP contribution in [0, 0.1) is 5.92 Å². The van der Waals surface area contributed by atoms with Crippen molar-refractivity contribution < 1.29 is 14.3 Å². The van der Waals surface area contributed by atoms with Crippen molar-refractivity contribution in [2.75, 3.05) is 11.9 Å². The summed E-state index contributed by atoms with van der Waals surface area (Å²) in [6.45, 7) is 0.463. The minimum Gasteiger partial charge on any atom is -0.486 e. The molecule has 1 aromatic heterocycles. The zero-order valence-corrected chi connectivity index (χ0v) is 17.2. The number of aromatic nitrogens is 1. The molecule has 8 heteroatoms. The number of ether oxygens (including phenoxy) is 2. The minimum atomic E-state index is -0.530. The SMILES string of the molecule is NC1NC2(CO1)c1cc(NC(=O)c3ccc(Br)cn3)ccc1OC1C=CCCC12. The van der Waals surface area contributed by atoms with Crippen molar-refractivity contribution in [2.24, 2.45) is 11.7 Å². The Balaban J connectivity index is 1.49. The molecule has 7 nitrogen and oxygen atoms in total. The van der Waals surface area contributed by atoms with E-state index in [4.69, 9.17) is 15.2 Å². The highest BCUT2D eigenvalue weighted by Crippen LogP contribution is 2.49. The summed E-state index contributed by atoms with van der Waals surface area (Å²) in [4.78, 5) is 16.8. The van der Waals surface area contributed by atoms with Gasteiger partial charge in [-0.3, -0.25) is 15.8 Å². The number of pyridine rings is 1. The number of nitrogens with one attached hydrogen (secondary N) is 2. The second kappa shape index (κ2) is 7.21. The number of amides is 1. The van der Waals surface area contributed by atoms with Gasteiger partial charge in [-0.25, -0.2) is 4.98 Å². The first-order chi connectivity index (χ1) is 14.0. The van der Waals surface area contributed by atoms with E-state index in [0.717, 1.165) is 28.6 Å². The summed E-state index contributed by atoms with van der Waals surface area (Å²) < 4.78 is 12.8. The Morgan fingerprint density at radius 2 is 2.24 bits per heavy atom. The van der Waals surface area contributed by atoms with Crippen molar-refractivity contribution in [3.8, 4) is 5.75 Å². The van der Waals surface area contributed by atoms with E-state index in [2.05, 4.69) is 43.7 Å². The molecule has 4 N–H and O–H groups in total. The summed E-state index contributed by atoms with van der Waals surface area (Å²) in [6, 6.07) is 9.15. The third-order valence-electron chi connectivity index (χ3n) is 5.83. The molecule has 150 valence electrons. The van der Waals surface area contributed by atoms with Gasteiger partial charge in [-0.05, 0) is 65.2 Å². The first-order valence-electron chi connectivity index (χ1n) is 9.61. The Morgan fingerprint density at radius 1 is 1.34 bits per heavy atom. The number of rotatable bonds is 2. The van der Waals surface area contributed by atoms with Crippen LogP contribution in [0.5, 0.6) is 5.75 Å². The van der Waals surface area contributed by atoms with Gasteiger partial charge in [0.2, 0.25) is 0 Å². The van der Waals surface area contributed by atoms with E-state index < -0.39 is 11.9 Å². The van der Waals surface area contributed by atoms with Gasteiger partial charge in [0.25, 0.3) is 5.91 Å². The fraction of sp³-hybridized carbons (Fsp3) is 0.333. The molecule has 1 fully saturated rings. The normalized spacial score (nSPS) is 29.8. The van der Waals surface area contributed by atoms with E-state index in [-0.39, 0.29) is 17.9 Å². The number of anilines is 1. The highest BCUT2D eigenvalue weighted by atomic mass is 79.9. The van der Waals surface area contributed by atoms with Crippen LogP contribution in [0.25, 0.3) is 0 Å². The second-order valence-electron chi connectivity index (χ2n) is 7.57. The van der Waals surface area contributed by atoms with E-state index >= 15 is 0 Å². The van der Waals surface area contributed by atoms with Crippen molar-refractivity contribution in [3.63, 3.8) is 0 Å². The Hall–Kier alpha value is -2.26. The Morgan fingerprint density at radius 3 is 3.00 bits per heavy atom. The van der Waals surface area contributed by atoms with Gasteiger partial charge in [0.15, 0.2) is 6.35 Å². The predicted molar refractivity (Wildman–Crippen MR) is 111 cm³/mol. The second-order valence-corrected chi connectivity index (χ2v) is 8.48. The van der Waals surface area contributed by atoms with Crippen LogP contribution in [0.15, 0.2) is 53.2 Å². The molecule has 3 aliphatic rings. The summed E-state index contributed by atoms with van der Waals surface area (Å²) in [6.07, 6.45) is 7.30. The summed E-state index contributed by atoms with van der Waals surface area (Å²) in [7, 11) is 0. The molecule has 1 aliphatic carbocycles. The van der Waals surface area contributed by atoms with Crippen molar-refractivity contribution in [1.29, 1.82) is 0 Å². The third-order valence-corrected chi connectivity index (χ3v) is 6.30. The molecule has 1 spiro atoms. The topological polar surface area (TPSA) is 98.5 Å². The maximum Gasteiger partial charge on any atom is 0.274 e. The lowest BCUT2D eigenvalue weighted by Crippen LogP contribution is -2.57. The van der Waals surface area contributed by atoms with Gasteiger partial charge < -0.3 is 14.8 Å². The molecule has 1 aromatic carbocycles. The lowest BCUT2D eigenvalue weighted by Gasteiger charge is -2.46. The van der Waals surface area contributed by atoms with Gasteiger partial charge in [-0.15, -0.1) is 0 Å². The molecular formula is C21H21BrN4O3. The summed E-state index contributed by atoms with van der Waals surface area (Å²) >= 11 is 3.33. The maximum absolute atomic E-state index is 12.6. The number of benzene rings is 1. The molecule has 5 rings (SSSR count). The molecular weight excluding hydrogens is 436 g/mol. The average Bonchev–Trinajstić information content (AvgIpc) is 3.11. The van der Waals surface area contributed by atoms with E-state index in [1.165, 1.54) is 0 Å². The van der Waals surface area contributed by atoms with Crippen LogP contribution in [0.2, 0.25) is 0 Å². The minimum absolute atomic E-state index is 0.0231. The van der Waals surface area contributed by atoms with Gasteiger partial charge in [0.1, 0.15) is 17.5 Å². The van der Waals surface area contributed by atoms with Gasteiger partial charge >= 0.3 is 0 Å². The summed E-state index contributed by atoms with van der Waals surface area (Å²) in [5, 5.41) is 6.39. The number of allylic oxidation sites excluding steroid dienone is 1. The average molecular weight is 457 g/mol. The first-order valence-corrected chi connectivity index (χ1v) is 10.4. The highest BCUT2D eigenvalue weighted by molar-refractivity contribution is 9.10. The molecule has 3 heterocycles. The van der Waals surface area contributed by atoms with Gasteiger partial charge in [0.05, 0.1) is 12.1 Å². The number of fused-ring (bicyclic) bond motifs is 4. The third kappa shape index (κ3) is 3.26. The first kappa shape index (κ1) is 18.7. The van der Waals surface area contributed by atoms with E-state index in [0.29, 0.717) is 18.0 Å². The van der Waals surface area contributed by atoms with Crippen LogP contribution in [0.3, 0.4) is 0 Å². The summed E-state index contributed by atoms with van der Waals surface area (Å²) in [5.41, 5.74) is 7.59. The van der Waals surface area contributed by atoms with Crippen molar-refractivity contribution in [2.45, 2.75) is 30.8 Å². The lowest BCUT2D eigenvalue weighted by molar-refractivity contribution is 0.0459. The Kier molecular flexibility index (Phi) is 4.66. The van der Waals surface area contributed by atoms with E-state index in [1.54, 1.807) is 18.3 Å². The number of carbonyl (C=O) groups is 1. The Bertz CT molecular complexity index is 980. The zero-order valence-electron chi connectivity index (χ0n) is 15.6. The molecule has 29 heavy (non-hydrogen) atoms. The lowest BCUT2D eigenvalue weighted by atomic mass is 9.70. The summed E-state index contributed by atoms with van der Waals surface area (Å²) in [5.74, 6) is 0.712. The van der Waals surface area contributed by atoms with Crippen LogP contribution in [-0.4, -0.2) is 30.0 Å². The molecule has 0 bridgehead atoms. The number of nitrogens with two attached hydrogens (primary N) is 1. The van der Waals surface area contributed by atoms with E-state index in [1.807, 2.05) is 18.2 Å². The van der Waals surface area contributed by atoms with Gasteiger partial charge in [-0.1, -0.05) is 6.08 Å². The molecule has 2 aromatic rings. The standard InChI is InChI=1S/C21H21BrN4O3/c22-12-5-7-16(24-10-12)19(27)25-13-6-8-18-15(9-13)21(11-28-20(23)26-21)14-3-1-2-4-17(14)29-18/h2,4-10,14,17,20,26H,1,3,11,23H2,(H,25,27). The van der Waals surface area contributed by atoms with Crippen LogP contribution in [0.4, 0.5) is 5.69 Å². The van der Waals surface area contributed by atoms with Crippen LogP contribution in [0.1, 0.15) is 28.9 Å². The molecule has 1 amide bonds. The molecule has 2 aliphatic heterocycles. The smallest absolute Gasteiger partial charge is 0.274 e. The molecule has 1 saturated heterocycles. The van der Waals surface area contributed by atoms with Gasteiger partial charge in [-0.2, -0.15) is 0 Å². The number of halogens is 1. The fourth-order valence-corrected chi connectivity index (χ4v) is 4.73. The fourth-order valence-electron chi connectivity index (χ4n) is 4.49.